The highest BCUT2D eigenvalue weighted by atomic mass is 19.1. The van der Waals surface area contributed by atoms with E-state index in [9.17, 15) is 9.50 Å². The van der Waals surface area contributed by atoms with E-state index in [1.165, 1.54) is 31.7 Å². The molecule has 1 saturated carbocycles. The Hall–Kier alpha value is -1.13. The highest BCUT2D eigenvalue weighted by Crippen LogP contribution is 2.26. The monoisotopic (exact) mass is 278 g/mol. The topological polar surface area (TPSA) is 26.7 Å². The lowest BCUT2D eigenvalue weighted by Gasteiger charge is -2.39. The summed E-state index contributed by atoms with van der Waals surface area (Å²) in [6.07, 6.45) is 5.42. The van der Waals surface area contributed by atoms with Gasteiger partial charge in [-0.3, -0.25) is 4.90 Å². The van der Waals surface area contributed by atoms with E-state index in [0.717, 1.165) is 37.9 Å². The maximum absolute atomic E-state index is 13.5. The van der Waals surface area contributed by atoms with Crippen LogP contribution in [0, 0.1) is 5.82 Å². The number of piperazine rings is 1. The van der Waals surface area contributed by atoms with Gasteiger partial charge < -0.3 is 10.0 Å². The molecule has 4 heteroatoms. The van der Waals surface area contributed by atoms with Gasteiger partial charge in [-0.25, -0.2) is 4.39 Å². The Labute approximate surface area is 120 Å². The Morgan fingerprint density at radius 1 is 1.05 bits per heavy atom. The van der Waals surface area contributed by atoms with E-state index in [2.05, 4.69) is 9.80 Å². The van der Waals surface area contributed by atoms with Crippen LogP contribution in [-0.2, 0) is 6.61 Å². The fraction of sp³-hybridized carbons (Fsp3) is 0.625. The molecule has 0 unspecified atom stereocenters. The van der Waals surface area contributed by atoms with Crippen LogP contribution in [0.2, 0.25) is 0 Å². The molecule has 1 N–H and O–H groups in total. The van der Waals surface area contributed by atoms with Gasteiger partial charge in [0.15, 0.2) is 0 Å². The van der Waals surface area contributed by atoms with Crippen LogP contribution in [-0.4, -0.2) is 42.2 Å². The maximum atomic E-state index is 13.5. The first kappa shape index (κ1) is 13.8. The molecular formula is C16H23FN2O. The van der Waals surface area contributed by atoms with Gasteiger partial charge in [0.2, 0.25) is 0 Å². The lowest BCUT2D eigenvalue weighted by atomic mass is 10.1. The fourth-order valence-corrected chi connectivity index (χ4v) is 3.52. The number of aliphatic hydroxyl groups excluding tert-OH is 1. The predicted octanol–water partition coefficient (Wildman–Crippen LogP) is 2.38. The van der Waals surface area contributed by atoms with Crippen LogP contribution in [0.5, 0.6) is 0 Å². The van der Waals surface area contributed by atoms with Gasteiger partial charge >= 0.3 is 0 Å². The highest BCUT2D eigenvalue weighted by molar-refractivity contribution is 5.49. The van der Waals surface area contributed by atoms with Crippen molar-refractivity contribution >= 4 is 5.69 Å². The van der Waals surface area contributed by atoms with Crippen molar-refractivity contribution in [3.8, 4) is 0 Å². The molecule has 1 aromatic carbocycles. The predicted molar refractivity (Wildman–Crippen MR) is 78.4 cm³/mol. The van der Waals surface area contributed by atoms with Crippen LogP contribution < -0.4 is 4.90 Å². The first-order chi connectivity index (χ1) is 9.76. The zero-order chi connectivity index (χ0) is 13.9. The summed E-state index contributed by atoms with van der Waals surface area (Å²) in [6.45, 7) is 3.92. The van der Waals surface area contributed by atoms with Crippen LogP contribution in [0.15, 0.2) is 18.2 Å². The molecule has 3 nitrogen and oxygen atoms in total. The number of anilines is 1. The van der Waals surface area contributed by atoms with Crippen LogP contribution in [0.25, 0.3) is 0 Å². The molecule has 0 amide bonds. The van der Waals surface area contributed by atoms with E-state index in [-0.39, 0.29) is 12.4 Å². The van der Waals surface area contributed by atoms with Gasteiger partial charge in [-0.2, -0.15) is 0 Å². The van der Waals surface area contributed by atoms with Gasteiger partial charge in [-0.1, -0.05) is 12.8 Å². The van der Waals surface area contributed by atoms with Gasteiger partial charge in [0.05, 0.1) is 6.61 Å². The number of nitrogens with zero attached hydrogens (tertiary/aromatic N) is 2. The van der Waals surface area contributed by atoms with E-state index in [4.69, 9.17) is 0 Å². The molecule has 0 radical (unpaired) electrons. The lowest BCUT2D eigenvalue weighted by Crippen LogP contribution is -2.49. The summed E-state index contributed by atoms with van der Waals surface area (Å²) in [5.41, 5.74) is 1.55. The third-order valence-electron chi connectivity index (χ3n) is 4.65. The molecule has 1 saturated heterocycles. The minimum absolute atomic E-state index is 0.104. The van der Waals surface area contributed by atoms with Crippen LogP contribution in [0.1, 0.15) is 31.2 Å². The SMILES string of the molecule is OCc1cc(F)cc(N2CCN(C3CCCC3)CC2)c1. The number of rotatable bonds is 3. The van der Waals surface area contributed by atoms with Crippen molar-refractivity contribution in [3.05, 3.63) is 29.6 Å². The highest BCUT2D eigenvalue weighted by Gasteiger charge is 2.26. The Kier molecular flexibility index (Phi) is 4.22. The fourth-order valence-electron chi connectivity index (χ4n) is 3.52. The number of benzene rings is 1. The van der Waals surface area contributed by atoms with E-state index >= 15 is 0 Å². The quantitative estimate of drug-likeness (QED) is 0.919. The molecule has 1 aliphatic heterocycles. The molecule has 1 heterocycles. The summed E-state index contributed by atoms with van der Waals surface area (Å²) in [6, 6.07) is 5.65. The number of hydrogen-bond acceptors (Lipinski definition) is 3. The van der Waals surface area contributed by atoms with Crippen molar-refractivity contribution in [3.63, 3.8) is 0 Å². The third-order valence-corrected chi connectivity index (χ3v) is 4.65. The average Bonchev–Trinajstić information content (AvgIpc) is 3.01. The van der Waals surface area contributed by atoms with Gasteiger partial charge in [-0.15, -0.1) is 0 Å². The maximum Gasteiger partial charge on any atom is 0.125 e. The molecule has 2 aliphatic rings. The van der Waals surface area contributed by atoms with E-state index in [1.807, 2.05) is 6.07 Å². The lowest BCUT2D eigenvalue weighted by molar-refractivity contribution is 0.187. The Bertz CT molecular complexity index is 452. The standard InChI is InChI=1S/C16H23FN2O/c17-14-9-13(12-20)10-16(11-14)19-7-5-18(6-8-19)15-3-1-2-4-15/h9-11,15,20H,1-8,12H2. The van der Waals surface area contributed by atoms with Crippen LogP contribution >= 0.6 is 0 Å². The molecular weight excluding hydrogens is 255 g/mol. The van der Waals surface area contributed by atoms with Gasteiger partial charge in [0, 0.05) is 37.9 Å². The smallest absolute Gasteiger partial charge is 0.125 e. The van der Waals surface area contributed by atoms with Crippen LogP contribution in [0.4, 0.5) is 10.1 Å². The molecule has 1 aliphatic carbocycles. The Balaban J connectivity index is 1.64. The summed E-state index contributed by atoms with van der Waals surface area (Å²) >= 11 is 0. The van der Waals surface area contributed by atoms with Crippen molar-refractivity contribution in [2.24, 2.45) is 0 Å². The Morgan fingerprint density at radius 3 is 2.40 bits per heavy atom. The molecule has 110 valence electrons. The van der Waals surface area contributed by atoms with Crippen molar-refractivity contribution in [2.45, 2.75) is 38.3 Å². The molecule has 1 aromatic rings. The second-order valence-electron chi connectivity index (χ2n) is 5.94. The molecule has 3 rings (SSSR count). The Morgan fingerprint density at radius 2 is 1.75 bits per heavy atom. The normalized spacial score (nSPS) is 21.6. The largest absolute Gasteiger partial charge is 0.392 e. The van der Waals surface area contributed by atoms with E-state index < -0.39 is 0 Å². The first-order valence-corrected chi connectivity index (χ1v) is 7.65. The zero-order valence-electron chi connectivity index (χ0n) is 11.9. The summed E-state index contributed by atoms with van der Waals surface area (Å²) in [5.74, 6) is -0.259. The van der Waals surface area contributed by atoms with Crippen LogP contribution in [0.3, 0.4) is 0 Å². The number of halogens is 1. The molecule has 0 atom stereocenters. The van der Waals surface area contributed by atoms with E-state index in [0.29, 0.717) is 5.56 Å². The molecule has 0 aromatic heterocycles. The van der Waals surface area contributed by atoms with Crippen molar-refractivity contribution in [1.29, 1.82) is 0 Å². The number of hydrogen-bond donors (Lipinski definition) is 1. The van der Waals surface area contributed by atoms with Gasteiger partial charge in [-0.05, 0) is 36.6 Å². The van der Waals surface area contributed by atoms with Gasteiger partial charge in [0.1, 0.15) is 5.82 Å². The average molecular weight is 278 g/mol. The number of aliphatic hydroxyl groups is 1. The molecule has 2 fully saturated rings. The molecule has 20 heavy (non-hydrogen) atoms. The summed E-state index contributed by atoms with van der Waals surface area (Å²) < 4.78 is 13.5. The first-order valence-electron chi connectivity index (χ1n) is 7.65. The van der Waals surface area contributed by atoms with Crippen molar-refractivity contribution < 1.29 is 9.50 Å². The summed E-state index contributed by atoms with van der Waals surface area (Å²) in [5, 5.41) is 9.18. The second-order valence-corrected chi connectivity index (χ2v) is 5.94. The zero-order valence-corrected chi connectivity index (χ0v) is 11.9. The molecule has 0 spiro atoms. The minimum Gasteiger partial charge on any atom is -0.392 e. The summed E-state index contributed by atoms with van der Waals surface area (Å²) in [7, 11) is 0. The second kappa shape index (κ2) is 6.10. The third kappa shape index (κ3) is 2.96. The molecule has 0 bridgehead atoms. The van der Waals surface area contributed by atoms with E-state index in [1.54, 1.807) is 6.07 Å². The van der Waals surface area contributed by atoms with Crippen molar-refractivity contribution in [2.75, 3.05) is 31.1 Å². The minimum atomic E-state index is -0.259. The van der Waals surface area contributed by atoms with Gasteiger partial charge in [0.25, 0.3) is 0 Å². The van der Waals surface area contributed by atoms with Crippen molar-refractivity contribution in [1.82, 2.24) is 4.90 Å². The summed E-state index contributed by atoms with van der Waals surface area (Å²) in [4.78, 5) is 4.82.